The lowest BCUT2D eigenvalue weighted by molar-refractivity contribution is 0.174. The standard InChI is InChI=1S/C17H13N3O4/c1-20-9-12(4-7-16(20)21)17-18-15(24-19-17)6-3-11-2-5-13-14(8-11)23-10-22-13/h2-9H,10H2,1H3/b6-3+. The summed E-state index contributed by atoms with van der Waals surface area (Å²) in [6, 6.07) is 8.77. The highest BCUT2D eigenvalue weighted by Gasteiger charge is 2.12. The highest BCUT2D eigenvalue weighted by molar-refractivity contribution is 5.68. The molecule has 4 rings (SSSR count). The number of hydrogen-bond donors (Lipinski definition) is 0. The van der Waals surface area contributed by atoms with Crippen molar-refractivity contribution in [3.63, 3.8) is 0 Å². The van der Waals surface area contributed by atoms with E-state index in [1.165, 1.54) is 10.6 Å². The van der Waals surface area contributed by atoms with E-state index in [0.717, 1.165) is 11.3 Å². The molecule has 0 bridgehead atoms. The van der Waals surface area contributed by atoms with E-state index < -0.39 is 0 Å². The number of benzene rings is 1. The summed E-state index contributed by atoms with van der Waals surface area (Å²) >= 11 is 0. The van der Waals surface area contributed by atoms with Crippen molar-refractivity contribution in [2.24, 2.45) is 7.05 Å². The third-order valence-electron chi connectivity index (χ3n) is 3.60. The maximum Gasteiger partial charge on any atom is 0.250 e. The van der Waals surface area contributed by atoms with Gasteiger partial charge in [-0.25, -0.2) is 0 Å². The molecule has 0 aliphatic carbocycles. The van der Waals surface area contributed by atoms with Crippen molar-refractivity contribution in [2.75, 3.05) is 6.79 Å². The number of pyridine rings is 1. The van der Waals surface area contributed by atoms with Gasteiger partial charge in [0, 0.05) is 31.0 Å². The van der Waals surface area contributed by atoms with Crippen LogP contribution in [-0.2, 0) is 7.05 Å². The number of fused-ring (bicyclic) bond motifs is 1. The van der Waals surface area contributed by atoms with Crippen LogP contribution in [0.15, 0.2) is 45.8 Å². The third kappa shape index (κ3) is 2.67. The molecule has 1 aliphatic heterocycles. The van der Waals surface area contributed by atoms with Gasteiger partial charge in [0.1, 0.15) is 0 Å². The predicted octanol–water partition coefficient (Wildman–Crippen LogP) is 2.33. The number of aryl methyl sites for hydroxylation is 1. The summed E-state index contributed by atoms with van der Waals surface area (Å²) in [7, 11) is 1.67. The molecule has 7 nitrogen and oxygen atoms in total. The Morgan fingerprint density at radius 1 is 1.12 bits per heavy atom. The summed E-state index contributed by atoms with van der Waals surface area (Å²) in [5, 5.41) is 3.93. The van der Waals surface area contributed by atoms with Crippen molar-refractivity contribution in [2.45, 2.75) is 0 Å². The summed E-state index contributed by atoms with van der Waals surface area (Å²) in [4.78, 5) is 15.7. The summed E-state index contributed by atoms with van der Waals surface area (Å²) in [6.45, 7) is 0.245. The fraction of sp³-hybridized carbons (Fsp3) is 0.118. The van der Waals surface area contributed by atoms with Gasteiger partial charge in [0.25, 0.3) is 5.89 Å². The molecule has 0 fully saturated rings. The van der Waals surface area contributed by atoms with Crippen LogP contribution in [-0.4, -0.2) is 21.5 Å². The molecule has 24 heavy (non-hydrogen) atoms. The van der Waals surface area contributed by atoms with Crippen LogP contribution >= 0.6 is 0 Å². The molecule has 0 amide bonds. The third-order valence-corrected chi connectivity index (χ3v) is 3.60. The average Bonchev–Trinajstić information content (AvgIpc) is 3.24. The van der Waals surface area contributed by atoms with Crippen LogP contribution in [0.2, 0.25) is 0 Å². The van der Waals surface area contributed by atoms with E-state index in [-0.39, 0.29) is 12.4 Å². The highest BCUT2D eigenvalue weighted by Crippen LogP contribution is 2.32. The van der Waals surface area contributed by atoms with Crippen LogP contribution in [0, 0.1) is 0 Å². The van der Waals surface area contributed by atoms with E-state index in [2.05, 4.69) is 10.1 Å². The Morgan fingerprint density at radius 2 is 2.00 bits per heavy atom. The largest absolute Gasteiger partial charge is 0.454 e. The molecule has 1 aromatic carbocycles. The van der Waals surface area contributed by atoms with Crippen molar-refractivity contribution in [1.29, 1.82) is 0 Å². The van der Waals surface area contributed by atoms with Crippen LogP contribution in [0.4, 0.5) is 0 Å². The number of rotatable bonds is 3. The van der Waals surface area contributed by atoms with Crippen LogP contribution in [0.5, 0.6) is 11.5 Å². The van der Waals surface area contributed by atoms with Crippen molar-refractivity contribution in [3.8, 4) is 22.9 Å². The predicted molar refractivity (Wildman–Crippen MR) is 86.5 cm³/mol. The van der Waals surface area contributed by atoms with Gasteiger partial charge >= 0.3 is 0 Å². The smallest absolute Gasteiger partial charge is 0.250 e. The first-order valence-electron chi connectivity index (χ1n) is 7.27. The molecule has 0 N–H and O–H groups in total. The Balaban J connectivity index is 1.56. The Labute approximate surface area is 136 Å². The summed E-state index contributed by atoms with van der Waals surface area (Å²) in [5.41, 5.74) is 1.55. The second-order valence-corrected chi connectivity index (χ2v) is 5.27. The summed E-state index contributed by atoms with van der Waals surface area (Å²) < 4.78 is 17.3. The fourth-order valence-corrected chi connectivity index (χ4v) is 2.33. The topological polar surface area (TPSA) is 79.4 Å². The van der Waals surface area contributed by atoms with Gasteiger partial charge in [-0.2, -0.15) is 4.98 Å². The highest BCUT2D eigenvalue weighted by atomic mass is 16.7. The van der Waals surface area contributed by atoms with Gasteiger partial charge in [0.15, 0.2) is 11.5 Å². The molecule has 0 spiro atoms. The quantitative estimate of drug-likeness (QED) is 0.736. The lowest BCUT2D eigenvalue weighted by atomic mass is 10.2. The molecule has 0 unspecified atom stereocenters. The Hall–Kier alpha value is -3.35. The minimum atomic E-state index is -0.0924. The fourth-order valence-electron chi connectivity index (χ4n) is 2.33. The second-order valence-electron chi connectivity index (χ2n) is 5.27. The van der Waals surface area contributed by atoms with Gasteiger partial charge in [-0.3, -0.25) is 4.79 Å². The number of hydrogen-bond acceptors (Lipinski definition) is 6. The molecule has 0 radical (unpaired) electrons. The zero-order valence-electron chi connectivity index (χ0n) is 12.8. The summed E-state index contributed by atoms with van der Waals surface area (Å²) in [5.74, 6) is 2.25. The van der Waals surface area contributed by atoms with E-state index >= 15 is 0 Å². The molecule has 0 saturated heterocycles. The van der Waals surface area contributed by atoms with Crippen molar-refractivity contribution >= 4 is 12.2 Å². The van der Waals surface area contributed by atoms with Gasteiger partial charge < -0.3 is 18.6 Å². The first kappa shape index (κ1) is 14.3. The van der Waals surface area contributed by atoms with Crippen LogP contribution < -0.4 is 15.0 Å². The normalized spacial score (nSPS) is 12.9. The molecule has 3 aromatic rings. The molecule has 0 atom stereocenters. The van der Waals surface area contributed by atoms with Crippen LogP contribution in [0.3, 0.4) is 0 Å². The Kier molecular flexibility index (Phi) is 3.38. The minimum absolute atomic E-state index is 0.0924. The molecular weight excluding hydrogens is 310 g/mol. The molecule has 2 aromatic heterocycles. The summed E-state index contributed by atoms with van der Waals surface area (Å²) in [6.07, 6.45) is 5.23. The Bertz CT molecular complexity index is 987. The molecular formula is C17H13N3O4. The van der Waals surface area contributed by atoms with E-state index in [0.29, 0.717) is 23.0 Å². The monoisotopic (exact) mass is 323 g/mol. The maximum absolute atomic E-state index is 11.4. The number of aromatic nitrogens is 3. The lowest BCUT2D eigenvalue weighted by Gasteiger charge is -1.97. The van der Waals surface area contributed by atoms with Gasteiger partial charge in [0.2, 0.25) is 18.2 Å². The second kappa shape index (κ2) is 5.69. The zero-order chi connectivity index (χ0) is 16.5. The first-order chi connectivity index (χ1) is 11.7. The first-order valence-corrected chi connectivity index (χ1v) is 7.27. The minimum Gasteiger partial charge on any atom is -0.454 e. The molecule has 1 aliphatic rings. The SMILES string of the molecule is Cn1cc(-c2noc(/C=C/c3ccc4c(c3)OCO4)n2)ccc1=O. The van der Waals surface area contributed by atoms with E-state index in [1.54, 1.807) is 25.4 Å². The molecule has 3 heterocycles. The van der Waals surface area contributed by atoms with Gasteiger partial charge in [0.05, 0.1) is 0 Å². The number of ether oxygens (including phenoxy) is 2. The molecule has 7 heteroatoms. The molecule has 0 saturated carbocycles. The molecule has 120 valence electrons. The van der Waals surface area contributed by atoms with E-state index in [1.807, 2.05) is 24.3 Å². The Morgan fingerprint density at radius 3 is 2.88 bits per heavy atom. The lowest BCUT2D eigenvalue weighted by Crippen LogP contribution is -2.14. The van der Waals surface area contributed by atoms with E-state index in [9.17, 15) is 4.79 Å². The van der Waals surface area contributed by atoms with Gasteiger partial charge in [-0.05, 0) is 29.8 Å². The zero-order valence-corrected chi connectivity index (χ0v) is 12.8. The van der Waals surface area contributed by atoms with Crippen molar-refractivity contribution in [3.05, 3.63) is 58.3 Å². The van der Waals surface area contributed by atoms with Gasteiger partial charge in [-0.15, -0.1) is 0 Å². The van der Waals surface area contributed by atoms with Crippen molar-refractivity contribution < 1.29 is 14.0 Å². The average molecular weight is 323 g/mol. The van der Waals surface area contributed by atoms with E-state index in [4.69, 9.17) is 14.0 Å². The van der Waals surface area contributed by atoms with Gasteiger partial charge in [-0.1, -0.05) is 11.2 Å². The van der Waals surface area contributed by atoms with Crippen LogP contribution in [0.25, 0.3) is 23.5 Å². The maximum atomic E-state index is 11.4. The van der Waals surface area contributed by atoms with Crippen LogP contribution in [0.1, 0.15) is 11.5 Å². The number of nitrogens with zero attached hydrogens (tertiary/aromatic N) is 3. The van der Waals surface area contributed by atoms with Crippen molar-refractivity contribution in [1.82, 2.24) is 14.7 Å².